The molecular formula is C15H22F2N2O. The molecule has 0 amide bonds. The number of aryl methyl sites for hydroxylation is 2. The number of hydrogen-bond acceptors (Lipinski definition) is 3. The van der Waals surface area contributed by atoms with Gasteiger partial charge in [0.15, 0.2) is 0 Å². The van der Waals surface area contributed by atoms with Crippen LogP contribution in [0.15, 0.2) is 18.2 Å². The molecule has 0 unspecified atom stereocenters. The number of alkyl halides is 2. The lowest BCUT2D eigenvalue weighted by molar-refractivity contribution is -0.119. The number of benzene rings is 1. The van der Waals surface area contributed by atoms with Crippen LogP contribution in [0, 0.1) is 13.8 Å². The molecule has 1 saturated heterocycles. The highest BCUT2D eigenvalue weighted by molar-refractivity contribution is 5.37. The lowest BCUT2D eigenvalue weighted by atomic mass is 9.90. The van der Waals surface area contributed by atoms with Gasteiger partial charge in [0, 0.05) is 26.2 Å². The fourth-order valence-corrected chi connectivity index (χ4v) is 2.95. The first-order chi connectivity index (χ1) is 9.47. The largest absolute Gasteiger partial charge is 0.390 e. The molecule has 2 N–H and O–H groups in total. The molecule has 0 spiro atoms. The van der Waals surface area contributed by atoms with E-state index in [-0.39, 0.29) is 0 Å². The molecule has 0 aromatic heterocycles. The van der Waals surface area contributed by atoms with Gasteiger partial charge in [-0.1, -0.05) is 18.2 Å². The first-order valence-corrected chi connectivity index (χ1v) is 6.97. The average Bonchev–Trinajstić information content (AvgIpc) is 2.43. The Morgan fingerprint density at radius 3 is 2.30 bits per heavy atom. The third-order valence-electron chi connectivity index (χ3n) is 3.94. The highest BCUT2D eigenvalue weighted by Crippen LogP contribution is 2.39. The molecule has 0 radical (unpaired) electrons. The Labute approximate surface area is 118 Å². The van der Waals surface area contributed by atoms with Crippen molar-refractivity contribution in [2.45, 2.75) is 25.8 Å². The number of piperazine rings is 1. The van der Waals surface area contributed by atoms with Gasteiger partial charge in [0.1, 0.15) is 12.6 Å². The summed E-state index contributed by atoms with van der Waals surface area (Å²) in [6, 6.07) is 4.52. The lowest BCUT2D eigenvalue weighted by Gasteiger charge is -2.40. The molecule has 3 nitrogen and oxygen atoms in total. The van der Waals surface area contributed by atoms with E-state index in [1.807, 2.05) is 32.0 Å². The molecule has 1 heterocycles. The first-order valence-electron chi connectivity index (χ1n) is 6.97. The van der Waals surface area contributed by atoms with Crippen molar-refractivity contribution < 1.29 is 13.9 Å². The van der Waals surface area contributed by atoms with Crippen molar-refractivity contribution in [3.05, 3.63) is 34.9 Å². The van der Waals surface area contributed by atoms with Crippen LogP contribution < -0.4 is 5.32 Å². The highest BCUT2D eigenvalue weighted by atomic mass is 19.3. The second kappa shape index (κ2) is 6.16. The van der Waals surface area contributed by atoms with Crippen molar-refractivity contribution in [2.75, 3.05) is 32.8 Å². The van der Waals surface area contributed by atoms with Gasteiger partial charge in [-0.15, -0.1) is 0 Å². The number of nitrogens with zero attached hydrogens (tertiary/aromatic N) is 1. The number of aliphatic hydroxyl groups excluding tert-OH is 1. The number of aliphatic hydroxyl groups is 1. The second-order valence-electron chi connectivity index (χ2n) is 5.41. The Kier molecular flexibility index (Phi) is 4.73. The molecule has 2 rings (SSSR count). The lowest BCUT2D eigenvalue weighted by Crippen LogP contribution is -2.51. The average molecular weight is 284 g/mol. The minimum absolute atomic E-state index is 0.564. The van der Waals surface area contributed by atoms with Crippen molar-refractivity contribution in [2.24, 2.45) is 0 Å². The van der Waals surface area contributed by atoms with Crippen molar-refractivity contribution in [3.8, 4) is 0 Å². The van der Waals surface area contributed by atoms with E-state index >= 15 is 0 Å². The Bertz CT molecular complexity index is 439. The number of rotatable bonds is 4. The van der Waals surface area contributed by atoms with E-state index in [0.717, 1.165) is 11.1 Å². The van der Waals surface area contributed by atoms with Gasteiger partial charge in [0.05, 0.1) is 0 Å². The van der Waals surface area contributed by atoms with Gasteiger partial charge in [-0.3, -0.25) is 4.90 Å². The zero-order chi connectivity index (χ0) is 14.8. The zero-order valence-electron chi connectivity index (χ0n) is 12.0. The SMILES string of the molecule is Cc1cccc(C)c1[C@@H](N1CCNCC1)C(F)(F)CO. The Hall–Kier alpha value is -1.04. The minimum Gasteiger partial charge on any atom is -0.390 e. The minimum atomic E-state index is -3.14. The van der Waals surface area contributed by atoms with E-state index in [4.69, 9.17) is 5.11 Å². The molecule has 1 aliphatic rings. The van der Waals surface area contributed by atoms with E-state index in [9.17, 15) is 8.78 Å². The summed E-state index contributed by atoms with van der Waals surface area (Å²) in [7, 11) is 0. The van der Waals surface area contributed by atoms with E-state index < -0.39 is 18.6 Å². The molecule has 0 aliphatic carbocycles. The van der Waals surface area contributed by atoms with Crippen LogP contribution in [0.2, 0.25) is 0 Å². The predicted molar refractivity (Wildman–Crippen MR) is 75.1 cm³/mol. The Morgan fingerprint density at radius 2 is 1.80 bits per heavy atom. The second-order valence-corrected chi connectivity index (χ2v) is 5.41. The first kappa shape index (κ1) is 15.4. The highest BCUT2D eigenvalue weighted by Gasteiger charge is 2.45. The van der Waals surface area contributed by atoms with Crippen LogP contribution in [-0.4, -0.2) is 48.7 Å². The van der Waals surface area contributed by atoms with Crippen LogP contribution in [-0.2, 0) is 0 Å². The van der Waals surface area contributed by atoms with Crippen LogP contribution in [0.5, 0.6) is 0 Å². The Balaban J connectivity index is 2.45. The molecular weight excluding hydrogens is 262 g/mol. The maximum atomic E-state index is 14.3. The smallest absolute Gasteiger partial charge is 0.289 e. The van der Waals surface area contributed by atoms with Crippen LogP contribution in [0.1, 0.15) is 22.7 Å². The molecule has 1 fully saturated rings. The quantitative estimate of drug-likeness (QED) is 0.886. The van der Waals surface area contributed by atoms with Gasteiger partial charge in [0.2, 0.25) is 0 Å². The van der Waals surface area contributed by atoms with Crippen molar-refractivity contribution in [1.82, 2.24) is 10.2 Å². The molecule has 1 aliphatic heterocycles. The van der Waals surface area contributed by atoms with Gasteiger partial charge in [-0.2, -0.15) is 0 Å². The molecule has 112 valence electrons. The summed E-state index contributed by atoms with van der Waals surface area (Å²) < 4.78 is 28.7. The summed E-state index contributed by atoms with van der Waals surface area (Å²) in [5.74, 6) is -3.14. The van der Waals surface area contributed by atoms with Gasteiger partial charge >= 0.3 is 0 Å². The monoisotopic (exact) mass is 284 g/mol. The molecule has 20 heavy (non-hydrogen) atoms. The van der Waals surface area contributed by atoms with Crippen LogP contribution >= 0.6 is 0 Å². The standard InChI is InChI=1S/C15H22F2N2O/c1-11-4-3-5-12(2)13(11)14(15(16,17)10-20)19-8-6-18-7-9-19/h3-5,14,18,20H,6-10H2,1-2H3/t14-/m1/s1. The normalized spacial score (nSPS) is 19.1. The van der Waals surface area contributed by atoms with Crippen molar-refractivity contribution >= 4 is 0 Å². The molecule has 1 aromatic rings. The maximum Gasteiger partial charge on any atom is 0.289 e. The summed E-state index contributed by atoms with van der Waals surface area (Å²) in [4.78, 5) is 1.78. The number of hydrogen-bond donors (Lipinski definition) is 2. The summed E-state index contributed by atoms with van der Waals surface area (Å²) in [5.41, 5.74) is 2.34. The fourth-order valence-electron chi connectivity index (χ4n) is 2.95. The van der Waals surface area contributed by atoms with Gasteiger partial charge in [-0.25, -0.2) is 8.78 Å². The topological polar surface area (TPSA) is 35.5 Å². The Morgan fingerprint density at radius 1 is 1.25 bits per heavy atom. The molecule has 5 heteroatoms. The predicted octanol–water partition coefficient (Wildman–Crippen LogP) is 1.88. The van der Waals surface area contributed by atoms with Gasteiger partial charge < -0.3 is 10.4 Å². The van der Waals surface area contributed by atoms with Crippen LogP contribution in [0.4, 0.5) is 8.78 Å². The summed E-state index contributed by atoms with van der Waals surface area (Å²) in [6.07, 6.45) is 0. The van der Waals surface area contributed by atoms with E-state index in [0.29, 0.717) is 31.7 Å². The van der Waals surface area contributed by atoms with E-state index in [1.54, 1.807) is 4.90 Å². The van der Waals surface area contributed by atoms with E-state index in [1.165, 1.54) is 0 Å². The van der Waals surface area contributed by atoms with Crippen molar-refractivity contribution in [1.29, 1.82) is 0 Å². The third-order valence-corrected chi connectivity index (χ3v) is 3.94. The molecule has 1 aromatic carbocycles. The molecule has 1 atom stereocenters. The maximum absolute atomic E-state index is 14.3. The summed E-state index contributed by atoms with van der Waals surface area (Å²) >= 11 is 0. The summed E-state index contributed by atoms with van der Waals surface area (Å²) in [6.45, 7) is 5.10. The van der Waals surface area contributed by atoms with Gasteiger partial charge in [-0.05, 0) is 30.5 Å². The number of halogens is 2. The summed E-state index contributed by atoms with van der Waals surface area (Å²) in [5, 5.41) is 12.3. The zero-order valence-corrected chi connectivity index (χ0v) is 12.0. The van der Waals surface area contributed by atoms with Crippen LogP contribution in [0.3, 0.4) is 0 Å². The number of nitrogens with one attached hydrogen (secondary N) is 1. The van der Waals surface area contributed by atoms with Gasteiger partial charge in [0.25, 0.3) is 5.92 Å². The third kappa shape index (κ3) is 3.00. The van der Waals surface area contributed by atoms with E-state index in [2.05, 4.69) is 5.32 Å². The fraction of sp³-hybridized carbons (Fsp3) is 0.600. The van der Waals surface area contributed by atoms with Crippen molar-refractivity contribution in [3.63, 3.8) is 0 Å². The van der Waals surface area contributed by atoms with Crippen LogP contribution in [0.25, 0.3) is 0 Å². The molecule has 0 bridgehead atoms. The molecule has 0 saturated carbocycles.